The molecular weight excluding hydrogens is 180 g/mol. The summed E-state index contributed by atoms with van der Waals surface area (Å²) in [5, 5.41) is 8.46. The first-order chi connectivity index (χ1) is 6.86. The molecule has 1 rings (SSSR count). The molecule has 0 radical (unpaired) electrons. The molecule has 0 aromatic rings. The number of rotatable bonds is 4. The van der Waals surface area contributed by atoms with E-state index in [2.05, 4.69) is 0 Å². The van der Waals surface area contributed by atoms with Crippen LogP contribution in [0, 0.1) is 5.92 Å². The highest BCUT2D eigenvalue weighted by Gasteiger charge is 2.06. The summed E-state index contributed by atoms with van der Waals surface area (Å²) in [6, 6.07) is 0. The van der Waals surface area contributed by atoms with Gasteiger partial charge in [-0.25, -0.2) is 0 Å². The van der Waals surface area contributed by atoms with Gasteiger partial charge < -0.3 is 14.6 Å². The average molecular weight is 198 g/mol. The zero-order valence-corrected chi connectivity index (χ0v) is 8.77. The van der Waals surface area contributed by atoms with Gasteiger partial charge in [0.1, 0.15) is 18.7 Å². The van der Waals surface area contributed by atoms with Crippen LogP contribution in [0.3, 0.4) is 0 Å². The lowest BCUT2D eigenvalue weighted by atomic mass is 10.0. The predicted octanol–water partition coefficient (Wildman–Crippen LogP) is 1.68. The van der Waals surface area contributed by atoms with Gasteiger partial charge in [-0.2, -0.15) is 0 Å². The molecule has 1 aliphatic rings. The molecule has 0 saturated heterocycles. The molecule has 1 atom stereocenters. The quantitative estimate of drug-likeness (QED) is 0.699. The van der Waals surface area contributed by atoms with E-state index < -0.39 is 0 Å². The van der Waals surface area contributed by atoms with E-state index >= 15 is 0 Å². The van der Waals surface area contributed by atoms with E-state index in [0.717, 1.165) is 12.0 Å². The topological polar surface area (TPSA) is 46.5 Å². The van der Waals surface area contributed by atoms with Crippen LogP contribution in [0.2, 0.25) is 0 Å². The molecule has 0 fully saturated rings. The minimum absolute atomic E-state index is 0.00789. The Labute approximate surface area is 85.1 Å². The molecule has 0 aliphatic heterocycles. The highest BCUT2D eigenvalue weighted by molar-refractivity contribution is 5.58. The van der Waals surface area contributed by atoms with Gasteiger partial charge in [-0.15, -0.1) is 0 Å². The first kappa shape index (κ1) is 12.9. The van der Waals surface area contributed by atoms with E-state index in [1.807, 2.05) is 19.9 Å². The van der Waals surface area contributed by atoms with Crippen LogP contribution in [0.1, 0.15) is 20.3 Å². The van der Waals surface area contributed by atoms with Crippen LogP contribution >= 0.6 is 0 Å². The van der Waals surface area contributed by atoms with Gasteiger partial charge in [0.25, 0.3) is 0 Å². The maximum absolute atomic E-state index is 10.3. The van der Waals surface area contributed by atoms with E-state index in [-0.39, 0.29) is 12.5 Å². The van der Waals surface area contributed by atoms with Gasteiger partial charge in [0.15, 0.2) is 0 Å². The summed E-state index contributed by atoms with van der Waals surface area (Å²) in [6.45, 7) is 4.32. The van der Waals surface area contributed by atoms with Crippen LogP contribution in [0.5, 0.6) is 0 Å². The first-order valence-corrected chi connectivity index (χ1v) is 4.94. The predicted molar refractivity (Wildman–Crippen MR) is 55.8 cm³/mol. The Balaban J connectivity index is 0.000000791. The van der Waals surface area contributed by atoms with Gasteiger partial charge >= 0.3 is 0 Å². The van der Waals surface area contributed by atoms with E-state index in [4.69, 9.17) is 9.84 Å². The summed E-state index contributed by atoms with van der Waals surface area (Å²) in [5.74, 6) is 0.730. The Bertz CT molecular complexity index is 207. The molecule has 80 valence electrons. The SMILES string of the molecule is CC.O=CC1C=CC(OCCO)=CC1. The Kier molecular flexibility index (Phi) is 7.84. The molecule has 0 bridgehead atoms. The highest BCUT2D eigenvalue weighted by atomic mass is 16.5. The molecule has 3 nitrogen and oxygen atoms in total. The van der Waals surface area contributed by atoms with Gasteiger partial charge in [-0.3, -0.25) is 0 Å². The zero-order valence-electron chi connectivity index (χ0n) is 8.77. The Morgan fingerprint density at radius 1 is 1.64 bits per heavy atom. The molecule has 0 heterocycles. The second kappa shape index (κ2) is 8.51. The summed E-state index contributed by atoms with van der Waals surface area (Å²) < 4.78 is 5.13. The third-order valence-electron chi connectivity index (χ3n) is 1.63. The molecule has 1 aliphatic carbocycles. The van der Waals surface area contributed by atoms with Crippen LogP contribution < -0.4 is 0 Å². The van der Waals surface area contributed by atoms with Crippen LogP contribution in [0.15, 0.2) is 24.0 Å². The van der Waals surface area contributed by atoms with Crippen molar-refractivity contribution in [2.24, 2.45) is 5.92 Å². The van der Waals surface area contributed by atoms with Gasteiger partial charge in [-0.05, 0) is 18.6 Å². The van der Waals surface area contributed by atoms with E-state index in [0.29, 0.717) is 13.0 Å². The third kappa shape index (κ3) is 4.82. The smallest absolute Gasteiger partial charge is 0.127 e. The average Bonchev–Trinajstić information content (AvgIpc) is 2.30. The number of hydrogen-bond acceptors (Lipinski definition) is 3. The lowest BCUT2D eigenvalue weighted by Gasteiger charge is -2.11. The maximum atomic E-state index is 10.3. The summed E-state index contributed by atoms with van der Waals surface area (Å²) in [5.41, 5.74) is 0. The number of carbonyl (C=O) groups excluding carboxylic acids is 1. The normalized spacial score (nSPS) is 19.1. The van der Waals surface area contributed by atoms with Crippen LogP contribution in [0.25, 0.3) is 0 Å². The molecule has 1 N–H and O–H groups in total. The van der Waals surface area contributed by atoms with E-state index in [1.54, 1.807) is 12.2 Å². The molecule has 0 aromatic carbocycles. The minimum Gasteiger partial charge on any atom is -0.492 e. The van der Waals surface area contributed by atoms with Crippen LogP contribution in [-0.4, -0.2) is 24.6 Å². The fourth-order valence-electron chi connectivity index (χ4n) is 0.989. The Morgan fingerprint density at radius 2 is 2.36 bits per heavy atom. The highest BCUT2D eigenvalue weighted by Crippen LogP contribution is 2.14. The standard InChI is InChI=1S/C9H12O3.C2H6/c10-5-6-12-9-3-1-8(7-11)2-4-9;1-2/h1,3-4,7-8,10H,2,5-6H2;1-2H3. The molecule has 0 spiro atoms. The minimum atomic E-state index is -0.00789. The molecule has 0 amide bonds. The fraction of sp³-hybridized carbons (Fsp3) is 0.545. The van der Waals surface area contributed by atoms with E-state index in [9.17, 15) is 4.79 Å². The van der Waals surface area contributed by atoms with Gasteiger partial charge in [0, 0.05) is 5.92 Å². The van der Waals surface area contributed by atoms with Crippen LogP contribution in [0.4, 0.5) is 0 Å². The zero-order chi connectivity index (χ0) is 10.8. The van der Waals surface area contributed by atoms with Crippen molar-refractivity contribution in [3.05, 3.63) is 24.0 Å². The summed E-state index contributed by atoms with van der Waals surface area (Å²) in [7, 11) is 0. The number of allylic oxidation sites excluding steroid dienone is 3. The summed E-state index contributed by atoms with van der Waals surface area (Å²) in [4.78, 5) is 10.3. The summed E-state index contributed by atoms with van der Waals surface area (Å²) in [6.07, 6.45) is 7.03. The molecule has 0 aromatic heterocycles. The molecule has 1 unspecified atom stereocenters. The van der Waals surface area contributed by atoms with Crippen molar-refractivity contribution in [1.82, 2.24) is 0 Å². The van der Waals surface area contributed by atoms with Gasteiger partial charge in [0.05, 0.1) is 6.61 Å². The van der Waals surface area contributed by atoms with Crippen molar-refractivity contribution < 1.29 is 14.6 Å². The lowest BCUT2D eigenvalue weighted by molar-refractivity contribution is -0.109. The van der Waals surface area contributed by atoms with Crippen molar-refractivity contribution in [3.63, 3.8) is 0 Å². The number of aldehydes is 1. The second-order valence-electron chi connectivity index (χ2n) is 2.57. The molecule has 3 heteroatoms. The fourth-order valence-corrected chi connectivity index (χ4v) is 0.989. The third-order valence-corrected chi connectivity index (χ3v) is 1.63. The summed E-state index contributed by atoms with van der Waals surface area (Å²) >= 11 is 0. The monoisotopic (exact) mass is 198 g/mol. The first-order valence-electron chi connectivity index (χ1n) is 4.94. The van der Waals surface area contributed by atoms with Crippen molar-refractivity contribution >= 4 is 6.29 Å². The molecular formula is C11H18O3. The number of hydrogen-bond donors (Lipinski definition) is 1. The Hall–Kier alpha value is -1.09. The van der Waals surface area contributed by atoms with Crippen molar-refractivity contribution in [2.75, 3.05) is 13.2 Å². The maximum Gasteiger partial charge on any atom is 0.127 e. The number of carbonyl (C=O) groups is 1. The van der Waals surface area contributed by atoms with Crippen molar-refractivity contribution in [2.45, 2.75) is 20.3 Å². The van der Waals surface area contributed by atoms with Gasteiger partial charge in [0.2, 0.25) is 0 Å². The van der Waals surface area contributed by atoms with Crippen molar-refractivity contribution in [3.8, 4) is 0 Å². The van der Waals surface area contributed by atoms with Crippen LogP contribution in [-0.2, 0) is 9.53 Å². The Morgan fingerprint density at radius 3 is 2.79 bits per heavy atom. The second-order valence-corrected chi connectivity index (χ2v) is 2.57. The van der Waals surface area contributed by atoms with Crippen molar-refractivity contribution in [1.29, 1.82) is 0 Å². The largest absolute Gasteiger partial charge is 0.492 e. The molecule has 14 heavy (non-hydrogen) atoms. The molecule has 0 saturated carbocycles. The van der Waals surface area contributed by atoms with Gasteiger partial charge in [-0.1, -0.05) is 19.9 Å². The van der Waals surface area contributed by atoms with E-state index in [1.165, 1.54) is 0 Å². The number of aliphatic hydroxyl groups excluding tert-OH is 1. The number of aliphatic hydroxyl groups is 1. The lowest BCUT2D eigenvalue weighted by Crippen LogP contribution is -2.04. The number of ether oxygens (including phenoxy) is 1.